The number of benzene rings is 2. The number of nitrogens with one attached hydrogen (secondary N) is 2. The summed E-state index contributed by atoms with van der Waals surface area (Å²) < 4.78 is 22.0. The SMILES string of the molecule is COc1ccc(SSc2ccc(OC)cc2C(=O)N[C@@H](CC(C)C)C(=O)OC(C)(C)C)c(C(=O)N[C@@H](CC(C)C)C(=O)OC(C)(C)C)c1. The highest BCUT2D eigenvalue weighted by Gasteiger charge is 2.30. The Morgan fingerprint density at radius 1 is 0.625 bits per heavy atom. The van der Waals surface area contributed by atoms with Crippen LogP contribution in [0.2, 0.25) is 0 Å². The molecule has 2 N–H and O–H groups in total. The first-order valence-corrected chi connectivity index (χ1v) is 18.2. The lowest BCUT2D eigenvalue weighted by Gasteiger charge is -2.26. The zero-order valence-corrected chi connectivity index (χ0v) is 31.9. The van der Waals surface area contributed by atoms with Crippen molar-refractivity contribution in [2.24, 2.45) is 11.8 Å². The molecule has 12 heteroatoms. The van der Waals surface area contributed by atoms with Crippen LogP contribution < -0.4 is 20.1 Å². The molecule has 0 spiro atoms. The number of carbonyl (C=O) groups is 4. The summed E-state index contributed by atoms with van der Waals surface area (Å²) in [5.74, 6) is -0.769. The Labute approximate surface area is 293 Å². The van der Waals surface area contributed by atoms with Crippen molar-refractivity contribution < 1.29 is 38.1 Å². The Kier molecular flexibility index (Phi) is 15.2. The molecule has 2 aromatic rings. The maximum Gasteiger partial charge on any atom is 0.329 e. The number of ether oxygens (including phenoxy) is 4. The lowest BCUT2D eigenvalue weighted by Crippen LogP contribution is -2.45. The fourth-order valence-corrected chi connectivity index (χ4v) is 6.77. The molecule has 0 radical (unpaired) electrons. The third kappa shape index (κ3) is 13.6. The van der Waals surface area contributed by atoms with Crippen molar-refractivity contribution in [1.29, 1.82) is 0 Å². The summed E-state index contributed by atoms with van der Waals surface area (Å²) in [6.45, 7) is 18.5. The maximum absolute atomic E-state index is 13.7. The van der Waals surface area contributed by atoms with E-state index in [1.54, 1.807) is 77.9 Å². The van der Waals surface area contributed by atoms with Crippen LogP contribution in [-0.4, -0.2) is 61.3 Å². The van der Waals surface area contributed by atoms with E-state index in [4.69, 9.17) is 18.9 Å². The first-order valence-electron chi connectivity index (χ1n) is 16.0. The summed E-state index contributed by atoms with van der Waals surface area (Å²) >= 11 is 0. The van der Waals surface area contributed by atoms with Gasteiger partial charge in [0, 0.05) is 9.79 Å². The quantitative estimate of drug-likeness (QED) is 0.142. The van der Waals surface area contributed by atoms with E-state index >= 15 is 0 Å². The van der Waals surface area contributed by atoms with Gasteiger partial charge in [0.1, 0.15) is 34.8 Å². The second-order valence-corrected chi connectivity index (χ2v) is 16.5. The van der Waals surface area contributed by atoms with E-state index < -0.39 is 47.0 Å². The largest absolute Gasteiger partial charge is 0.497 e. The van der Waals surface area contributed by atoms with E-state index in [1.807, 2.05) is 27.7 Å². The van der Waals surface area contributed by atoms with Gasteiger partial charge in [-0.15, -0.1) is 0 Å². The van der Waals surface area contributed by atoms with Crippen LogP contribution in [-0.2, 0) is 19.1 Å². The van der Waals surface area contributed by atoms with E-state index in [1.165, 1.54) is 35.8 Å². The zero-order chi connectivity index (χ0) is 36.4. The molecule has 2 aromatic carbocycles. The van der Waals surface area contributed by atoms with Crippen LogP contribution in [0.4, 0.5) is 0 Å². The van der Waals surface area contributed by atoms with Crippen LogP contribution in [0.1, 0.15) is 103 Å². The Hall–Kier alpha value is -3.38. The maximum atomic E-state index is 13.7. The smallest absolute Gasteiger partial charge is 0.329 e. The van der Waals surface area contributed by atoms with Crippen molar-refractivity contribution >= 4 is 45.3 Å². The topological polar surface area (TPSA) is 129 Å². The molecule has 0 aliphatic rings. The van der Waals surface area contributed by atoms with Gasteiger partial charge in [0.15, 0.2) is 0 Å². The summed E-state index contributed by atoms with van der Waals surface area (Å²) in [6, 6.07) is 8.48. The lowest BCUT2D eigenvalue weighted by molar-refractivity contribution is -0.158. The lowest BCUT2D eigenvalue weighted by atomic mass is 10.0. The third-order valence-electron chi connectivity index (χ3n) is 6.49. The first kappa shape index (κ1) is 40.8. The van der Waals surface area contributed by atoms with Gasteiger partial charge in [0.05, 0.1) is 25.3 Å². The highest BCUT2D eigenvalue weighted by atomic mass is 33.1. The standard InChI is InChI=1S/C36H52N2O8S2/c1-21(2)17-27(33(41)45-35(5,6)7)37-31(39)25-19-23(43-11)13-15-29(25)47-48-30-16-14-24(44-12)20-26(30)32(40)38-28(18-22(3)4)34(42)46-36(8,9)10/h13-16,19-22,27-28H,17-18H2,1-12H3,(H,37,39)(H,38,40)/t27-,28-/m0/s1. The highest BCUT2D eigenvalue weighted by molar-refractivity contribution is 8.76. The van der Waals surface area contributed by atoms with E-state index in [0.29, 0.717) is 45.3 Å². The minimum Gasteiger partial charge on any atom is -0.497 e. The number of hydrogen-bond acceptors (Lipinski definition) is 10. The number of esters is 2. The van der Waals surface area contributed by atoms with Crippen LogP contribution in [0.25, 0.3) is 0 Å². The first-order chi connectivity index (χ1) is 22.2. The Bertz CT molecular complexity index is 1320. The van der Waals surface area contributed by atoms with Gasteiger partial charge in [-0.1, -0.05) is 49.3 Å². The van der Waals surface area contributed by atoms with Crippen molar-refractivity contribution in [3.05, 3.63) is 47.5 Å². The normalized spacial score (nSPS) is 13.0. The van der Waals surface area contributed by atoms with E-state index in [9.17, 15) is 19.2 Å². The summed E-state index contributed by atoms with van der Waals surface area (Å²) in [5, 5.41) is 5.74. The fraction of sp³-hybridized carbons (Fsp3) is 0.556. The fourth-order valence-electron chi connectivity index (χ4n) is 4.45. The molecule has 0 aromatic heterocycles. The van der Waals surface area contributed by atoms with Gasteiger partial charge in [-0.3, -0.25) is 9.59 Å². The number of carbonyl (C=O) groups excluding carboxylic acids is 4. The molecular weight excluding hydrogens is 653 g/mol. The molecule has 2 rings (SSSR count). The Morgan fingerprint density at radius 2 is 0.958 bits per heavy atom. The summed E-state index contributed by atoms with van der Waals surface area (Å²) in [5.41, 5.74) is -0.833. The molecule has 266 valence electrons. The van der Waals surface area contributed by atoms with E-state index in [2.05, 4.69) is 10.6 Å². The molecule has 0 unspecified atom stereocenters. The van der Waals surface area contributed by atoms with Crippen molar-refractivity contribution in [2.45, 2.75) is 115 Å². The van der Waals surface area contributed by atoms with Crippen LogP contribution in [0, 0.1) is 11.8 Å². The average molecular weight is 705 g/mol. The van der Waals surface area contributed by atoms with E-state index in [0.717, 1.165) is 0 Å². The number of amides is 2. The third-order valence-corrected chi connectivity index (χ3v) is 8.97. The van der Waals surface area contributed by atoms with Gasteiger partial charge in [0.25, 0.3) is 11.8 Å². The minimum atomic E-state index is -0.853. The minimum absolute atomic E-state index is 0.118. The average Bonchev–Trinajstić information content (AvgIpc) is 2.96. The van der Waals surface area contributed by atoms with Gasteiger partial charge in [-0.05, 0) is 103 Å². The monoisotopic (exact) mass is 704 g/mol. The van der Waals surface area contributed by atoms with Crippen LogP contribution >= 0.6 is 21.6 Å². The van der Waals surface area contributed by atoms with Gasteiger partial charge >= 0.3 is 11.9 Å². The number of hydrogen-bond donors (Lipinski definition) is 2. The molecule has 0 aliphatic heterocycles. The van der Waals surface area contributed by atoms with Crippen molar-refractivity contribution in [1.82, 2.24) is 10.6 Å². The zero-order valence-electron chi connectivity index (χ0n) is 30.3. The van der Waals surface area contributed by atoms with Crippen molar-refractivity contribution in [3.63, 3.8) is 0 Å². The molecule has 2 atom stereocenters. The van der Waals surface area contributed by atoms with Gasteiger partial charge in [-0.2, -0.15) is 0 Å². The van der Waals surface area contributed by atoms with Crippen molar-refractivity contribution in [3.8, 4) is 11.5 Å². The predicted molar refractivity (Wildman–Crippen MR) is 191 cm³/mol. The molecule has 0 bridgehead atoms. The Balaban J connectivity index is 2.41. The van der Waals surface area contributed by atoms with Crippen molar-refractivity contribution in [2.75, 3.05) is 14.2 Å². The molecule has 0 saturated heterocycles. The van der Waals surface area contributed by atoms with Crippen LogP contribution in [0.3, 0.4) is 0 Å². The van der Waals surface area contributed by atoms with Gasteiger partial charge in [0.2, 0.25) is 0 Å². The molecule has 0 aliphatic carbocycles. The number of rotatable bonds is 15. The molecular formula is C36H52N2O8S2. The summed E-state index contributed by atoms with van der Waals surface area (Å²) in [7, 11) is 5.55. The molecule has 2 amide bonds. The van der Waals surface area contributed by atoms with Crippen LogP contribution in [0.5, 0.6) is 11.5 Å². The number of methoxy groups -OCH3 is 2. The molecule has 10 nitrogen and oxygen atoms in total. The molecule has 0 heterocycles. The molecule has 48 heavy (non-hydrogen) atoms. The summed E-state index contributed by atoms with van der Waals surface area (Å²) in [6.07, 6.45) is 0.792. The van der Waals surface area contributed by atoms with Gasteiger partial charge < -0.3 is 29.6 Å². The second kappa shape index (κ2) is 17.9. The van der Waals surface area contributed by atoms with E-state index in [-0.39, 0.29) is 11.8 Å². The predicted octanol–water partition coefficient (Wildman–Crippen LogP) is 7.48. The highest BCUT2D eigenvalue weighted by Crippen LogP contribution is 2.42. The van der Waals surface area contributed by atoms with Gasteiger partial charge in [-0.25, -0.2) is 9.59 Å². The molecule has 0 fully saturated rings. The Morgan fingerprint density at radius 3 is 1.23 bits per heavy atom. The summed E-state index contributed by atoms with van der Waals surface area (Å²) in [4.78, 5) is 54.7. The van der Waals surface area contributed by atoms with Crippen LogP contribution in [0.15, 0.2) is 46.2 Å². The second-order valence-electron chi connectivity index (χ2n) is 14.3. The molecule has 0 saturated carbocycles.